The minimum atomic E-state index is -2.94. The van der Waals surface area contributed by atoms with Crippen LogP contribution in [0.25, 0.3) is 0 Å². The van der Waals surface area contributed by atoms with Gasteiger partial charge in [-0.2, -0.15) is 5.26 Å². The second-order valence-corrected chi connectivity index (χ2v) is 10.6. The number of carbonyl (C=O) groups is 3. The summed E-state index contributed by atoms with van der Waals surface area (Å²) >= 11 is 6.49. The molecule has 1 aromatic carbocycles. The van der Waals surface area contributed by atoms with Crippen molar-refractivity contribution in [2.45, 2.75) is 43.8 Å². The molecule has 9 nitrogen and oxygen atoms in total. The number of nitrogens with zero attached hydrogens (tertiary/aromatic N) is 5. The number of nitrogens with one attached hydrogen (secondary N) is 1. The maximum absolute atomic E-state index is 14.6. The predicted molar refractivity (Wildman–Crippen MR) is 155 cm³/mol. The van der Waals surface area contributed by atoms with E-state index in [0.717, 1.165) is 21.9 Å². The van der Waals surface area contributed by atoms with E-state index >= 15 is 0 Å². The lowest BCUT2D eigenvalue weighted by atomic mass is 9.87. The molecule has 4 amide bonds. The Morgan fingerprint density at radius 1 is 1.30 bits per heavy atom. The van der Waals surface area contributed by atoms with Crippen molar-refractivity contribution in [2.75, 3.05) is 23.4 Å². The van der Waals surface area contributed by atoms with Crippen molar-refractivity contribution in [3.8, 4) is 6.07 Å². The molecule has 2 heterocycles. The number of alkyl halides is 2. The third-order valence-corrected chi connectivity index (χ3v) is 7.40. The minimum absolute atomic E-state index is 0.00785. The number of hydrogen-bond acceptors (Lipinski definition) is 5. The van der Waals surface area contributed by atoms with Crippen molar-refractivity contribution in [2.24, 2.45) is 0 Å². The Bertz CT molecular complexity index is 1550. The molecule has 43 heavy (non-hydrogen) atoms. The number of benzene rings is 1. The molecule has 1 saturated carbocycles. The van der Waals surface area contributed by atoms with E-state index in [1.165, 1.54) is 48.5 Å². The third kappa shape index (κ3) is 6.73. The van der Waals surface area contributed by atoms with Gasteiger partial charge in [0.15, 0.2) is 0 Å². The summed E-state index contributed by atoms with van der Waals surface area (Å²) in [5.41, 5.74) is 0.0422. The molecular weight excluding hydrogens is 585 g/mol. The highest BCUT2D eigenvalue weighted by Crippen LogP contribution is 2.38. The van der Waals surface area contributed by atoms with Gasteiger partial charge in [0.05, 0.1) is 18.2 Å². The number of carbonyl (C=O) groups excluding carboxylic acids is 3. The summed E-state index contributed by atoms with van der Waals surface area (Å²) in [5.74, 6) is -5.36. The summed E-state index contributed by atoms with van der Waals surface area (Å²) in [6, 6.07) is 5.18. The first kappa shape index (κ1) is 31.3. The topological polar surface area (TPSA) is 110 Å². The number of aromatic nitrogens is 1. The fourth-order valence-corrected chi connectivity index (χ4v) is 5.06. The molecule has 1 saturated heterocycles. The second kappa shape index (κ2) is 12.7. The molecule has 1 N–H and O–H groups in total. The van der Waals surface area contributed by atoms with Crippen molar-refractivity contribution in [1.29, 1.82) is 5.26 Å². The van der Waals surface area contributed by atoms with E-state index in [4.69, 9.17) is 11.6 Å². The molecule has 0 spiro atoms. The average Bonchev–Trinajstić information content (AvgIpc) is 3.26. The van der Waals surface area contributed by atoms with E-state index in [9.17, 15) is 32.8 Å². The van der Waals surface area contributed by atoms with Gasteiger partial charge in [-0.3, -0.25) is 19.4 Å². The highest BCUT2D eigenvalue weighted by Gasteiger charge is 2.49. The van der Waals surface area contributed by atoms with Gasteiger partial charge in [-0.15, -0.1) is 0 Å². The van der Waals surface area contributed by atoms with Crippen molar-refractivity contribution in [3.05, 3.63) is 89.4 Å². The fourth-order valence-electron chi connectivity index (χ4n) is 4.89. The lowest BCUT2D eigenvalue weighted by Gasteiger charge is -2.39. The molecule has 1 aliphatic heterocycles. The summed E-state index contributed by atoms with van der Waals surface area (Å²) in [6.45, 7) is 5.52. The Hall–Kier alpha value is -4.63. The van der Waals surface area contributed by atoms with Crippen LogP contribution in [0.3, 0.4) is 0 Å². The van der Waals surface area contributed by atoms with Gasteiger partial charge in [0.1, 0.15) is 23.7 Å². The van der Waals surface area contributed by atoms with E-state index in [-0.39, 0.29) is 34.2 Å². The van der Waals surface area contributed by atoms with Crippen molar-refractivity contribution in [1.82, 2.24) is 15.2 Å². The van der Waals surface area contributed by atoms with Gasteiger partial charge >= 0.3 is 6.03 Å². The van der Waals surface area contributed by atoms with Crippen LogP contribution in [0.15, 0.2) is 78.0 Å². The molecule has 224 valence electrons. The molecule has 0 unspecified atom stereocenters. The molecule has 2 atom stereocenters. The van der Waals surface area contributed by atoms with Crippen molar-refractivity contribution < 1.29 is 27.6 Å². The van der Waals surface area contributed by atoms with Crippen LogP contribution < -0.4 is 15.1 Å². The van der Waals surface area contributed by atoms with Crippen molar-refractivity contribution in [3.63, 3.8) is 0 Å². The van der Waals surface area contributed by atoms with Crippen LogP contribution in [-0.2, 0) is 9.59 Å². The number of rotatable bonds is 9. The fraction of sp³-hybridized carbons (Fsp3) is 0.300. The Labute approximate surface area is 251 Å². The Morgan fingerprint density at radius 3 is 2.65 bits per heavy atom. The van der Waals surface area contributed by atoms with Crippen LogP contribution in [0, 0.1) is 17.1 Å². The van der Waals surface area contributed by atoms with Gasteiger partial charge in [-0.05, 0) is 48.9 Å². The zero-order chi connectivity index (χ0) is 31.5. The molecule has 13 heteroatoms. The number of halogens is 4. The Kier molecular flexibility index (Phi) is 9.25. The standard InChI is InChI=1S/C30H28ClF3N6O3/c1-4-5-9-23(31)18(2)26(27(41)37-21-14-30(33,34)15-21)39(22-8-6-7-20(32)13-22)28(42)24-17-38(3)29(43)40(24)25-12-19(16-35)10-11-36-25/h4-13,21,24,26H,2,14-15,17H2,1,3H3,(H,37,41)/b5-4-,23-9+/t24-,26-/m0/s1. The van der Waals surface area contributed by atoms with E-state index in [1.807, 2.05) is 6.07 Å². The maximum atomic E-state index is 14.6. The molecule has 0 radical (unpaired) electrons. The molecule has 2 aromatic rings. The number of urea groups is 1. The zero-order valence-corrected chi connectivity index (χ0v) is 24.1. The first-order chi connectivity index (χ1) is 20.4. The molecular formula is C30H28ClF3N6O3. The van der Waals surface area contributed by atoms with Gasteiger partial charge in [-0.25, -0.2) is 22.9 Å². The number of likely N-dealkylation sites (N-methyl/N-ethyl adjacent to an activating group) is 1. The van der Waals surface area contributed by atoms with Gasteiger partial charge in [-0.1, -0.05) is 36.4 Å². The van der Waals surface area contributed by atoms with Crippen molar-refractivity contribution >= 4 is 41.0 Å². The molecule has 1 aromatic heterocycles. The largest absolute Gasteiger partial charge is 0.351 e. The lowest BCUT2D eigenvalue weighted by molar-refractivity contribution is -0.131. The maximum Gasteiger partial charge on any atom is 0.326 e. The quantitative estimate of drug-likeness (QED) is 0.405. The summed E-state index contributed by atoms with van der Waals surface area (Å²) in [5, 5.41) is 11.9. The number of allylic oxidation sites excluding steroid dienone is 3. The number of nitriles is 1. The molecule has 1 aliphatic carbocycles. The monoisotopic (exact) mass is 612 g/mol. The Balaban J connectivity index is 1.84. The molecule has 0 bridgehead atoms. The van der Waals surface area contributed by atoms with Crippen LogP contribution in [0.4, 0.5) is 29.5 Å². The molecule has 2 fully saturated rings. The third-order valence-electron chi connectivity index (χ3n) is 7.04. The van der Waals surface area contributed by atoms with E-state index < -0.39 is 60.6 Å². The van der Waals surface area contributed by atoms with Gasteiger partial charge in [0.2, 0.25) is 5.91 Å². The van der Waals surface area contributed by atoms with E-state index in [2.05, 4.69) is 16.9 Å². The zero-order valence-electron chi connectivity index (χ0n) is 23.3. The number of pyridine rings is 1. The average molecular weight is 613 g/mol. The normalized spacial score (nSPS) is 19.1. The summed E-state index contributed by atoms with van der Waals surface area (Å²) < 4.78 is 41.8. The highest BCUT2D eigenvalue weighted by molar-refractivity contribution is 6.32. The number of amides is 4. The first-order valence-electron chi connectivity index (χ1n) is 13.2. The number of hydrogen-bond donors (Lipinski definition) is 1. The predicted octanol–water partition coefficient (Wildman–Crippen LogP) is 4.90. The summed E-state index contributed by atoms with van der Waals surface area (Å²) in [6.07, 6.45) is 4.80. The minimum Gasteiger partial charge on any atom is -0.351 e. The van der Waals surface area contributed by atoms with Gasteiger partial charge < -0.3 is 10.2 Å². The second-order valence-electron chi connectivity index (χ2n) is 10.2. The SMILES string of the molecule is C=C(/C(Cl)=C\C=C/C)[C@@H](C(=O)NC1CC(F)(F)C1)N(C(=O)[C@@H]1CN(C)C(=O)N1c1cc(C#N)ccn1)c1cccc(F)c1. The van der Waals surface area contributed by atoms with Gasteiger partial charge in [0.25, 0.3) is 11.8 Å². The Morgan fingerprint density at radius 2 is 2.02 bits per heavy atom. The first-order valence-corrected chi connectivity index (χ1v) is 13.6. The van der Waals surface area contributed by atoms with Crippen LogP contribution in [0.1, 0.15) is 25.3 Å². The van der Waals surface area contributed by atoms with Gasteiger partial charge in [0, 0.05) is 42.8 Å². The molecule has 2 aliphatic rings. The van der Waals surface area contributed by atoms with Crippen LogP contribution in [0.2, 0.25) is 0 Å². The highest BCUT2D eigenvalue weighted by atomic mass is 35.5. The van der Waals surface area contributed by atoms with E-state index in [0.29, 0.717) is 0 Å². The molecule has 4 rings (SSSR count). The van der Waals surface area contributed by atoms with Crippen LogP contribution >= 0.6 is 11.6 Å². The summed E-state index contributed by atoms with van der Waals surface area (Å²) in [4.78, 5) is 49.0. The smallest absolute Gasteiger partial charge is 0.326 e. The van der Waals surface area contributed by atoms with E-state index in [1.54, 1.807) is 19.1 Å². The lowest BCUT2D eigenvalue weighted by Crippen LogP contribution is -2.60. The summed E-state index contributed by atoms with van der Waals surface area (Å²) in [7, 11) is 1.46. The van der Waals surface area contributed by atoms with Crippen LogP contribution in [0.5, 0.6) is 0 Å². The number of anilines is 2. The van der Waals surface area contributed by atoms with Crippen LogP contribution in [-0.4, -0.2) is 65.4 Å².